The lowest BCUT2D eigenvalue weighted by Gasteiger charge is -2.23. The zero-order valence-electron chi connectivity index (χ0n) is 9.61. The largest absolute Gasteiger partial charge is 0.444 e. The number of hydrogen-bond donors (Lipinski definition) is 1. The zero-order valence-corrected chi connectivity index (χ0v) is 11.2. The molecule has 1 unspecified atom stereocenters. The number of alkyl halides is 1. The maximum Gasteiger partial charge on any atom is 0.407 e. The topological polar surface area (TPSA) is 38.3 Å². The van der Waals surface area contributed by atoms with E-state index in [2.05, 4.69) is 28.2 Å². The van der Waals surface area contributed by atoms with Crippen LogP contribution in [0.2, 0.25) is 0 Å². The van der Waals surface area contributed by atoms with Crippen LogP contribution in [0.1, 0.15) is 41.0 Å². The Bertz CT molecular complexity index is 197. The van der Waals surface area contributed by atoms with Crippen LogP contribution in [-0.4, -0.2) is 22.6 Å². The standard InChI is InChI=1S/C10H20BrNO2/c1-6-10(5,11)7-12-8(13)14-9(2,3)4/h6-7H2,1-5H3,(H,12,13). The number of nitrogens with one attached hydrogen (secondary N) is 1. The van der Waals surface area contributed by atoms with Gasteiger partial charge in [-0.1, -0.05) is 22.9 Å². The molecule has 4 heteroatoms. The molecule has 0 aliphatic heterocycles. The maximum atomic E-state index is 11.3. The minimum Gasteiger partial charge on any atom is -0.444 e. The Kier molecular flexibility index (Phi) is 4.92. The second-order valence-corrected chi connectivity index (χ2v) is 6.54. The van der Waals surface area contributed by atoms with Gasteiger partial charge in [0.2, 0.25) is 0 Å². The third-order valence-electron chi connectivity index (χ3n) is 1.74. The number of alkyl carbamates (subject to hydrolysis) is 1. The molecule has 3 nitrogen and oxygen atoms in total. The van der Waals surface area contributed by atoms with E-state index in [0.717, 1.165) is 6.42 Å². The van der Waals surface area contributed by atoms with Gasteiger partial charge in [-0.3, -0.25) is 0 Å². The molecule has 0 aliphatic rings. The zero-order chi connectivity index (χ0) is 11.4. The van der Waals surface area contributed by atoms with Crippen molar-refractivity contribution in [2.24, 2.45) is 0 Å². The van der Waals surface area contributed by atoms with Gasteiger partial charge in [-0.25, -0.2) is 4.79 Å². The van der Waals surface area contributed by atoms with E-state index < -0.39 is 5.60 Å². The van der Waals surface area contributed by atoms with Gasteiger partial charge in [0.15, 0.2) is 0 Å². The molecule has 0 aromatic heterocycles. The van der Waals surface area contributed by atoms with E-state index in [1.54, 1.807) is 0 Å². The minimum atomic E-state index is -0.432. The molecule has 0 spiro atoms. The first-order valence-electron chi connectivity index (χ1n) is 4.82. The summed E-state index contributed by atoms with van der Waals surface area (Å²) < 4.78 is 5.06. The lowest BCUT2D eigenvalue weighted by atomic mass is 10.1. The van der Waals surface area contributed by atoms with Gasteiger partial charge in [0.25, 0.3) is 0 Å². The third kappa shape index (κ3) is 7.18. The summed E-state index contributed by atoms with van der Waals surface area (Å²) in [7, 11) is 0. The Morgan fingerprint density at radius 2 is 1.86 bits per heavy atom. The molecule has 1 amide bonds. The van der Waals surface area contributed by atoms with Crippen molar-refractivity contribution in [1.82, 2.24) is 5.32 Å². The summed E-state index contributed by atoms with van der Waals surface area (Å²) in [4.78, 5) is 11.3. The number of carbonyl (C=O) groups excluding carboxylic acids is 1. The van der Waals surface area contributed by atoms with Gasteiger partial charge in [0, 0.05) is 10.9 Å². The lowest BCUT2D eigenvalue weighted by Crippen LogP contribution is -2.39. The molecule has 1 atom stereocenters. The number of hydrogen-bond acceptors (Lipinski definition) is 2. The molecule has 14 heavy (non-hydrogen) atoms. The molecule has 0 bridgehead atoms. The average molecular weight is 266 g/mol. The van der Waals surface area contributed by atoms with E-state index in [0.29, 0.717) is 6.54 Å². The Labute approximate surface area is 94.7 Å². The fraction of sp³-hybridized carbons (Fsp3) is 0.900. The van der Waals surface area contributed by atoms with Gasteiger partial charge >= 0.3 is 6.09 Å². The van der Waals surface area contributed by atoms with Gasteiger partial charge < -0.3 is 10.1 Å². The summed E-state index contributed by atoms with van der Waals surface area (Å²) in [5.74, 6) is 0. The van der Waals surface area contributed by atoms with Gasteiger partial charge in [0.1, 0.15) is 5.60 Å². The molecule has 0 aromatic carbocycles. The number of carbonyl (C=O) groups is 1. The van der Waals surface area contributed by atoms with E-state index in [4.69, 9.17) is 4.74 Å². The van der Waals surface area contributed by atoms with Gasteiger partial charge in [-0.05, 0) is 34.1 Å². The van der Waals surface area contributed by atoms with E-state index in [1.807, 2.05) is 27.7 Å². The van der Waals surface area contributed by atoms with Crippen molar-refractivity contribution < 1.29 is 9.53 Å². The smallest absolute Gasteiger partial charge is 0.407 e. The number of halogens is 1. The molecule has 1 N–H and O–H groups in total. The van der Waals surface area contributed by atoms with Crippen LogP contribution in [0.4, 0.5) is 4.79 Å². The van der Waals surface area contributed by atoms with Crippen LogP contribution in [0.15, 0.2) is 0 Å². The second-order valence-electron chi connectivity index (χ2n) is 4.62. The highest BCUT2D eigenvalue weighted by Crippen LogP contribution is 2.19. The highest BCUT2D eigenvalue weighted by molar-refractivity contribution is 9.10. The molecule has 0 fully saturated rings. The molecule has 0 radical (unpaired) electrons. The predicted octanol–water partition coefficient (Wildman–Crippen LogP) is 3.07. The number of amides is 1. The second kappa shape index (κ2) is 5.01. The highest BCUT2D eigenvalue weighted by atomic mass is 79.9. The molecular weight excluding hydrogens is 246 g/mol. The van der Waals surface area contributed by atoms with Crippen LogP contribution in [0.5, 0.6) is 0 Å². The van der Waals surface area contributed by atoms with Gasteiger partial charge in [0.05, 0.1) is 0 Å². The minimum absolute atomic E-state index is 0.0517. The van der Waals surface area contributed by atoms with Gasteiger partial charge in [-0.15, -0.1) is 0 Å². The first-order valence-corrected chi connectivity index (χ1v) is 5.61. The van der Waals surface area contributed by atoms with Gasteiger partial charge in [-0.2, -0.15) is 0 Å². The Morgan fingerprint density at radius 1 is 1.36 bits per heavy atom. The van der Waals surface area contributed by atoms with Crippen molar-refractivity contribution in [1.29, 1.82) is 0 Å². The molecule has 0 aliphatic carbocycles. The lowest BCUT2D eigenvalue weighted by molar-refractivity contribution is 0.0523. The van der Waals surface area contributed by atoms with Crippen molar-refractivity contribution in [3.63, 3.8) is 0 Å². The van der Waals surface area contributed by atoms with Crippen LogP contribution in [-0.2, 0) is 4.74 Å². The fourth-order valence-electron chi connectivity index (χ4n) is 0.696. The van der Waals surface area contributed by atoms with Crippen molar-refractivity contribution in [3.8, 4) is 0 Å². The summed E-state index contributed by atoms with van der Waals surface area (Å²) in [5, 5.41) is 2.72. The van der Waals surface area contributed by atoms with Crippen molar-refractivity contribution in [2.75, 3.05) is 6.54 Å². The molecule has 0 aromatic rings. The predicted molar refractivity (Wildman–Crippen MR) is 61.9 cm³/mol. The molecule has 84 valence electrons. The average Bonchev–Trinajstić information content (AvgIpc) is 1.98. The molecule has 0 rings (SSSR count). The quantitative estimate of drug-likeness (QED) is 0.797. The summed E-state index contributed by atoms with van der Waals surface area (Å²) in [6, 6.07) is 0. The van der Waals surface area contributed by atoms with Crippen LogP contribution < -0.4 is 5.32 Å². The first-order chi connectivity index (χ1) is 6.16. The van der Waals surface area contributed by atoms with Crippen molar-refractivity contribution >= 4 is 22.0 Å². The van der Waals surface area contributed by atoms with Crippen molar-refractivity contribution in [2.45, 2.75) is 51.0 Å². The molecule has 0 saturated carbocycles. The van der Waals surface area contributed by atoms with Crippen LogP contribution in [0, 0.1) is 0 Å². The van der Waals surface area contributed by atoms with Crippen LogP contribution in [0.25, 0.3) is 0 Å². The van der Waals surface area contributed by atoms with Crippen molar-refractivity contribution in [3.05, 3.63) is 0 Å². The maximum absolute atomic E-state index is 11.3. The molecule has 0 saturated heterocycles. The third-order valence-corrected chi connectivity index (χ3v) is 2.58. The summed E-state index contributed by atoms with van der Waals surface area (Å²) >= 11 is 3.52. The highest BCUT2D eigenvalue weighted by Gasteiger charge is 2.21. The molecule has 0 heterocycles. The number of rotatable bonds is 3. The Hall–Kier alpha value is -0.250. The first kappa shape index (κ1) is 13.8. The van der Waals surface area contributed by atoms with E-state index >= 15 is 0 Å². The normalized spacial score (nSPS) is 15.9. The van der Waals surface area contributed by atoms with E-state index in [9.17, 15) is 4.79 Å². The van der Waals surface area contributed by atoms with Crippen LogP contribution in [0.3, 0.4) is 0 Å². The van der Waals surface area contributed by atoms with E-state index in [-0.39, 0.29) is 10.4 Å². The summed E-state index contributed by atoms with van der Waals surface area (Å²) in [6.45, 7) is 10.2. The monoisotopic (exact) mass is 265 g/mol. The number of ether oxygens (including phenoxy) is 1. The fourth-order valence-corrected chi connectivity index (χ4v) is 0.836. The SMILES string of the molecule is CCC(C)(Br)CNC(=O)OC(C)(C)C. The summed E-state index contributed by atoms with van der Waals surface area (Å²) in [6.07, 6.45) is 0.583. The van der Waals surface area contributed by atoms with E-state index in [1.165, 1.54) is 0 Å². The Morgan fingerprint density at radius 3 is 2.21 bits per heavy atom. The summed E-state index contributed by atoms with van der Waals surface area (Å²) in [5.41, 5.74) is -0.432. The molecular formula is C10H20BrNO2. The Balaban J connectivity index is 3.87. The van der Waals surface area contributed by atoms with Crippen LogP contribution >= 0.6 is 15.9 Å².